The quantitative estimate of drug-likeness (QED) is 0.847. The highest BCUT2D eigenvalue weighted by Gasteiger charge is 2.17. The average Bonchev–Trinajstić information content (AvgIpc) is 2.46. The van der Waals surface area contributed by atoms with Gasteiger partial charge in [-0.1, -0.05) is 23.7 Å². The summed E-state index contributed by atoms with van der Waals surface area (Å²) in [4.78, 5) is 0. The first-order valence-corrected chi connectivity index (χ1v) is 7.56. The van der Waals surface area contributed by atoms with Crippen molar-refractivity contribution < 1.29 is 14.6 Å². The number of rotatable bonds is 5. The second-order valence-corrected chi connectivity index (χ2v) is 5.87. The van der Waals surface area contributed by atoms with Crippen LogP contribution >= 0.6 is 27.5 Å². The average molecular weight is 372 g/mol. The highest BCUT2D eigenvalue weighted by atomic mass is 79.9. The van der Waals surface area contributed by atoms with Crippen LogP contribution < -0.4 is 9.47 Å². The third kappa shape index (κ3) is 3.90. The van der Waals surface area contributed by atoms with E-state index in [4.69, 9.17) is 21.1 Å². The molecule has 2 aromatic rings. The fourth-order valence-electron chi connectivity index (χ4n) is 2.18. The predicted octanol–water partition coefficient (Wildman–Crippen LogP) is 4.40. The normalized spacial score (nSPS) is 12.0. The summed E-state index contributed by atoms with van der Waals surface area (Å²) in [6, 6.07) is 11.1. The molecule has 5 heteroatoms. The van der Waals surface area contributed by atoms with Crippen LogP contribution in [-0.4, -0.2) is 19.3 Å². The maximum atomic E-state index is 10.5. The summed E-state index contributed by atoms with van der Waals surface area (Å²) in [5, 5.41) is 11.0. The molecule has 0 radical (unpaired) electrons. The number of halogens is 2. The molecule has 3 nitrogen and oxygen atoms in total. The zero-order valence-corrected chi connectivity index (χ0v) is 14.1. The molecule has 0 aromatic heterocycles. The van der Waals surface area contributed by atoms with Crippen molar-refractivity contribution in [2.75, 3.05) is 14.2 Å². The smallest absolute Gasteiger partial charge is 0.138 e. The van der Waals surface area contributed by atoms with Gasteiger partial charge in [0.2, 0.25) is 0 Å². The minimum Gasteiger partial charge on any atom is -0.497 e. The largest absolute Gasteiger partial charge is 0.497 e. The van der Waals surface area contributed by atoms with E-state index in [1.165, 1.54) is 0 Å². The second kappa shape index (κ2) is 7.16. The molecule has 0 fully saturated rings. The Kier molecular flexibility index (Phi) is 5.51. The van der Waals surface area contributed by atoms with E-state index in [2.05, 4.69) is 15.9 Å². The van der Waals surface area contributed by atoms with E-state index < -0.39 is 6.10 Å². The summed E-state index contributed by atoms with van der Waals surface area (Å²) in [7, 11) is 3.18. The van der Waals surface area contributed by atoms with Crippen LogP contribution in [0.2, 0.25) is 5.02 Å². The number of hydrogen-bond donors (Lipinski definition) is 1. The second-order valence-electron chi connectivity index (χ2n) is 4.58. The molecule has 21 heavy (non-hydrogen) atoms. The van der Waals surface area contributed by atoms with Crippen LogP contribution in [0.1, 0.15) is 17.2 Å². The Bertz CT molecular complexity index is 631. The van der Waals surface area contributed by atoms with Crippen LogP contribution in [0.3, 0.4) is 0 Å². The first-order chi connectivity index (χ1) is 10.0. The molecule has 112 valence electrons. The summed E-state index contributed by atoms with van der Waals surface area (Å²) in [6.45, 7) is 0. The first kappa shape index (κ1) is 16.1. The Morgan fingerprint density at radius 1 is 1.19 bits per heavy atom. The lowest BCUT2D eigenvalue weighted by Crippen LogP contribution is -2.05. The van der Waals surface area contributed by atoms with E-state index in [1.54, 1.807) is 26.4 Å². The lowest BCUT2D eigenvalue weighted by molar-refractivity contribution is 0.174. The number of ether oxygens (including phenoxy) is 2. The molecule has 0 amide bonds. The number of hydrogen-bond acceptors (Lipinski definition) is 3. The molecule has 1 atom stereocenters. The summed E-state index contributed by atoms with van der Waals surface area (Å²) < 4.78 is 11.3. The fraction of sp³-hybridized carbons (Fsp3) is 0.250. The van der Waals surface area contributed by atoms with Crippen LogP contribution in [0.15, 0.2) is 40.9 Å². The fourth-order valence-corrected chi connectivity index (χ4v) is 3.17. The monoisotopic (exact) mass is 370 g/mol. The third-order valence-electron chi connectivity index (χ3n) is 3.16. The van der Waals surface area contributed by atoms with Crippen LogP contribution in [0.25, 0.3) is 0 Å². The number of benzene rings is 2. The van der Waals surface area contributed by atoms with E-state index in [0.29, 0.717) is 22.8 Å². The molecular weight excluding hydrogens is 356 g/mol. The van der Waals surface area contributed by atoms with E-state index in [1.807, 2.05) is 24.3 Å². The van der Waals surface area contributed by atoms with Crippen LogP contribution in [0, 0.1) is 0 Å². The van der Waals surface area contributed by atoms with Crippen LogP contribution in [0.4, 0.5) is 0 Å². The highest BCUT2D eigenvalue weighted by molar-refractivity contribution is 9.10. The highest BCUT2D eigenvalue weighted by Crippen LogP contribution is 2.37. The molecule has 0 saturated heterocycles. The van der Waals surface area contributed by atoms with Gasteiger partial charge in [-0.2, -0.15) is 0 Å². The molecule has 0 spiro atoms. The van der Waals surface area contributed by atoms with Gasteiger partial charge >= 0.3 is 0 Å². The molecule has 2 aromatic carbocycles. The van der Waals surface area contributed by atoms with Crippen LogP contribution in [0.5, 0.6) is 11.5 Å². The zero-order valence-electron chi connectivity index (χ0n) is 11.8. The molecule has 0 aliphatic rings. The van der Waals surface area contributed by atoms with E-state index in [0.717, 1.165) is 15.8 Å². The summed E-state index contributed by atoms with van der Waals surface area (Å²) in [6.07, 6.45) is -0.276. The van der Waals surface area contributed by atoms with E-state index >= 15 is 0 Å². The van der Waals surface area contributed by atoms with E-state index in [-0.39, 0.29) is 0 Å². The van der Waals surface area contributed by atoms with Gasteiger partial charge in [0.25, 0.3) is 0 Å². The maximum Gasteiger partial charge on any atom is 0.138 e. The van der Waals surface area contributed by atoms with Crippen molar-refractivity contribution in [1.82, 2.24) is 0 Å². The Labute approximate surface area is 137 Å². The van der Waals surface area contributed by atoms with Crippen molar-refractivity contribution in [3.05, 3.63) is 57.0 Å². The standard InChI is InChI=1S/C16H16BrClO3/c1-20-12-5-3-4-10(6-12)7-15(19)13-8-11(18)9-14(17)16(13)21-2/h3-6,8-9,15,19H,7H2,1-2H3. The maximum absolute atomic E-state index is 10.5. The van der Waals surface area contributed by atoms with Gasteiger partial charge in [0, 0.05) is 17.0 Å². The minimum atomic E-state index is -0.720. The summed E-state index contributed by atoms with van der Waals surface area (Å²) in [5.41, 5.74) is 1.62. The molecule has 2 rings (SSSR count). The van der Waals surface area contributed by atoms with Crippen LogP contribution in [-0.2, 0) is 6.42 Å². The molecular formula is C16H16BrClO3. The van der Waals surface area contributed by atoms with Gasteiger partial charge in [0.15, 0.2) is 0 Å². The SMILES string of the molecule is COc1cccc(CC(O)c2cc(Cl)cc(Br)c2OC)c1. The van der Waals surface area contributed by atoms with Crippen molar-refractivity contribution in [3.8, 4) is 11.5 Å². The van der Waals surface area contributed by atoms with Crippen molar-refractivity contribution in [2.24, 2.45) is 0 Å². The van der Waals surface area contributed by atoms with Crippen molar-refractivity contribution in [1.29, 1.82) is 0 Å². The van der Waals surface area contributed by atoms with Gasteiger partial charge in [-0.25, -0.2) is 0 Å². The molecule has 0 bridgehead atoms. The number of methoxy groups -OCH3 is 2. The molecule has 0 aliphatic carbocycles. The summed E-state index contributed by atoms with van der Waals surface area (Å²) in [5.74, 6) is 1.36. The molecule has 0 saturated carbocycles. The first-order valence-electron chi connectivity index (χ1n) is 6.39. The lowest BCUT2D eigenvalue weighted by Gasteiger charge is -2.17. The van der Waals surface area contributed by atoms with Crippen molar-refractivity contribution >= 4 is 27.5 Å². The number of aliphatic hydroxyl groups is 1. The lowest BCUT2D eigenvalue weighted by atomic mass is 10.0. The van der Waals surface area contributed by atoms with Gasteiger partial charge in [-0.05, 0) is 45.8 Å². The molecule has 0 aliphatic heterocycles. The van der Waals surface area contributed by atoms with Gasteiger partial charge < -0.3 is 14.6 Å². The zero-order chi connectivity index (χ0) is 15.4. The van der Waals surface area contributed by atoms with Gasteiger partial charge in [-0.3, -0.25) is 0 Å². The van der Waals surface area contributed by atoms with E-state index in [9.17, 15) is 5.11 Å². The molecule has 0 heterocycles. The van der Waals surface area contributed by atoms with Gasteiger partial charge in [-0.15, -0.1) is 0 Å². The number of aliphatic hydroxyl groups excluding tert-OH is 1. The van der Waals surface area contributed by atoms with Crippen molar-refractivity contribution in [3.63, 3.8) is 0 Å². The van der Waals surface area contributed by atoms with Gasteiger partial charge in [0.1, 0.15) is 11.5 Å². The Morgan fingerprint density at radius 2 is 1.95 bits per heavy atom. The Hall–Kier alpha value is -1.23. The van der Waals surface area contributed by atoms with Crippen molar-refractivity contribution in [2.45, 2.75) is 12.5 Å². The predicted molar refractivity (Wildman–Crippen MR) is 87.4 cm³/mol. The third-order valence-corrected chi connectivity index (χ3v) is 3.97. The Morgan fingerprint density at radius 3 is 2.62 bits per heavy atom. The van der Waals surface area contributed by atoms with Gasteiger partial charge in [0.05, 0.1) is 24.8 Å². The minimum absolute atomic E-state index is 0.445. The molecule has 1 unspecified atom stereocenters. The Balaban J connectivity index is 2.29. The molecule has 1 N–H and O–H groups in total. The topological polar surface area (TPSA) is 38.7 Å². The summed E-state index contributed by atoms with van der Waals surface area (Å²) >= 11 is 9.45.